The van der Waals surface area contributed by atoms with E-state index in [-0.39, 0.29) is 18.3 Å². The number of hydrogen-bond donors (Lipinski definition) is 1. The summed E-state index contributed by atoms with van der Waals surface area (Å²) in [6.45, 7) is 4.63. The predicted molar refractivity (Wildman–Crippen MR) is 73.7 cm³/mol. The molecule has 3 nitrogen and oxygen atoms in total. The third-order valence-electron chi connectivity index (χ3n) is 2.89. The Morgan fingerprint density at radius 1 is 1.30 bits per heavy atom. The molecule has 114 valence electrons. The Kier molecular flexibility index (Phi) is 5.83. The van der Waals surface area contributed by atoms with Gasteiger partial charge in [0.05, 0.1) is 18.3 Å². The van der Waals surface area contributed by atoms with E-state index in [4.69, 9.17) is 10.5 Å². The average molecular weight is 290 g/mol. The third kappa shape index (κ3) is 4.68. The van der Waals surface area contributed by atoms with Crippen molar-refractivity contribution < 1.29 is 17.9 Å². The second-order valence-corrected chi connectivity index (χ2v) is 4.89. The number of nitrogens with two attached hydrogens (primary N) is 1. The summed E-state index contributed by atoms with van der Waals surface area (Å²) in [6.07, 6.45) is -4.33. The van der Waals surface area contributed by atoms with E-state index in [2.05, 4.69) is 0 Å². The number of rotatable bonds is 6. The number of hydrogen-bond acceptors (Lipinski definition) is 3. The first-order valence-corrected chi connectivity index (χ1v) is 6.48. The predicted octanol–water partition coefficient (Wildman–Crippen LogP) is 3.03. The summed E-state index contributed by atoms with van der Waals surface area (Å²) < 4.78 is 44.6. The van der Waals surface area contributed by atoms with Gasteiger partial charge in [-0.2, -0.15) is 13.2 Å². The molecule has 2 N–H and O–H groups in total. The highest BCUT2D eigenvalue weighted by Gasteiger charge is 2.34. The quantitative estimate of drug-likeness (QED) is 0.875. The van der Waals surface area contributed by atoms with Gasteiger partial charge in [0, 0.05) is 25.8 Å². The fraction of sp³-hybridized carbons (Fsp3) is 0.571. The van der Waals surface area contributed by atoms with Crippen LogP contribution in [0.3, 0.4) is 0 Å². The number of benzene rings is 1. The van der Waals surface area contributed by atoms with E-state index in [0.717, 1.165) is 6.07 Å². The van der Waals surface area contributed by atoms with Crippen LogP contribution in [0, 0.1) is 0 Å². The molecule has 0 unspecified atom stereocenters. The summed E-state index contributed by atoms with van der Waals surface area (Å²) in [5.41, 5.74) is 5.35. The normalized spacial score (nSPS) is 12.0. The van der Waals surface area contributed by atoms with Crippen LogP contribution in [0.4, 0.5) is 18.9 Å². The van der Waals surface area contributed by atoms with Gasteiger partial charge in [-0.25, -0.2) is 0 Å². The Morgan fingerprint density at radius 2 is 1.95 bits per heavy atom. The Bertz CT molecular complexity index is 433. The maximum Gasteiger partial charge on any atom is 0.418 e. The number of likely N-dealkylation sites (N-methyl/N-ethyl adjacent to an activating group) is 1. The molecular weight excluding hydrogens is 269 g/mol. The van der Waals surface area contributed by atoms with Crippen LogP contribution in [0.15, 0.2) is 18.2 Å². The zero-order valence-corrected chi connectivity index (χ0v) is 12.0. The highest BCUT2D eigenvalue weighted by Crippen LogP contribution is 2.36. The number of ether oxygens (including phenoxy) is 1. The first kappa shape index (κ1) is 16.8. The van der Waals surface area contributed by atoms with E-state index in [1.807, 2.05) is 13.8 Å². The molecule has 0 spiro atoms. The average Bonchev–Trinajstić information content (AvgIpc) is 2.36. The van der Waals surface area contributed by atoms with Crippen molar-refractivity contribution in [2.45, 2.75) is 32.7 Å². The summed E-state index contributed by atoms with van der Waals surface area (Å²) in [4.78, 5) is 1.55. The summed E-state index contributed by atoms with van der Waals surface area (Å²) in [5.74, 6) is 0. The largest absolute Gasteiger partial charge is 0.418 e. The van der Waals surface area contributed by atoms with Crippen molar-refractivity contribution in [3.63, 3.8) is 0 Å². The minimum absolute atomic E-state index is 0.0603. The lowest BCUT2D eigenvalue weighted by molar-refractivity contribution is -0.137. The second-order valence-electron chi connectivity index (χ2n) is 4.89. The van der Waals surface area contributed by atoms with Crippen LogP contribution in [-0.4, -0.2) is 26.3 Å². The molecule has 0 saturated heterocycles. The van der Waals surface area contributed by atoms with Crippen LogP contribution in [0.2, 0.25) is 0 Å². The first-order valence-electron chi connectivity index (χ1n) is 6.48. The highest BCUT2D eigenvalue weighted by molar-refractivity contribution is 5.56. The lowest BCUT2D eigenvalue weighted by atomic mass is 10.1. The monoisotopic (exact) mass is 290 g/mol. The molecule has 0 aliphatic rings. The zero-order chi connectivity index (χ0) is 15.3. The molecule has 6 heteroatoms. The molecule has 0 aliphatic carbocycles. The Hall–Kier alpha value is -1.27. The van der Waals surface area contributed by atoms with Gasteiger partial charge < -0.3 is 15.4 Å². The van der Waals surface area contributed by atoms with E-state index in [0.29, 0.717) is 18.7 Å². The third-order valence-corrected chi connectivity index (χ3v) is 2.89. The molecule has 1 rings (SSSR count). The maximum atomic E-state index is 13.1. The molecule has 0 fully saturated rings. The van der Waals surface area contributed by atoms with E-state index >= 15 is 0 Å². The molecule has 0 atom stereocenters. The van der Waals surface area contributed by atoms with Crippen LogP contribution in [-0.2, 0) is 17.5 Å². The molecule has 0 radical (unpaired) electrons. The lowest BCUT2D eigenvalue weighted by Gasteiger charge is -2.24. The van der Waals surface area contributed by atoms with Gasteiger partial charge in [-0.3, -0.25) is 0 Å². The van der Waals surface area contributed by atoms with E-state index < -0.39 is 11.7 Å². The fourth-order valence-electron chi connectivity index (χ4n) is 1.82. The van der Waals surface area contributed by atoms with Gasteiger partial charge in [0.25, 0.3) is 0 Å². The van der Waals surface area contributed by atoms with Crippen LogP contribution < -0.4 is 10.6 Å². The van der Waals surface area contributed by atoms with Crippen LogP contribution in [0.25, 0.3) is 0 Å². The molecule has 0 saturated carbocycles. The highest BCUT2D eigenvalue weighted by atomic mass is 19.4. The maximum absolute atomic E-state index is 13.1. The van der Waals surface area contributed by atoms with Gasteiger partial charge in [-0.1, -0.05) is 6.07 Å². The summed E-state index contributed by atoms with van der Waals surface area (Å²) >= 11 is 0. The van der Waals surface area contributed by atoms with Crippen LogP contribution in [0.1, 0.15) is 25.0 Å². The summed E-state index contributed by atoms with van der Waals surface area (Å²) in [6, 6.07) is 4.18. The minimum Gasteiger partial charge on any atom is -0.377 e. The molecule has 20 heavy (non-hydrogen) atoms. The molecule has 0 amide bonds. The number of anilines is 1. The van der Waals surface area contributed by atoms with Crippen molar-refractivity contribution in [2.24, 2.45) is 5.73 Å². The van der Waals surface area contributed by atoms with Crippen LogP contribution in [0.5, 0.6) is 0 Å². The first-order chi connectivity index (χ1) is 9.25. The van der Waals surface area contributed by atoms with Gasteiger partial charge >= 0.3 is 6.18 Å². The number of halogens is 3. The van der Waals surface area contributed by atoms with Crippen molar-refractivity contribution in [3.05, 3.63) is 29.3 Å². The van der Waals surface area contributed by atoms with E-state index in [9.17, 15) is 13.2 Å². The standard InChI is InChI=1S/C14H21F3N2O/c1-10(2)20-7-6-19(3)13-5-4-11(9-18)8-12(13)14(15,16)17/h4-5,8,10H,6-7,9,18H2,1-3H3. The zero-order valence-electron chi connectivity index (χ0n) is 12.0. The van der Waals surface area contributed by atoms with Crippen molar-refractivity contribution in [2.75, 3.05) is 25.1 Å². The molecule has 0 bridgehead atoms. The Labute approximate surface area is 117 Å². The number of nitrogens with zero attached hydrogens (tertiary/aromatic N) is 1. The van der Waals surface area contributed by atoms with Gasteiger partial charge in [0.15, 0.2) is 0 Å². The Balaban J connectivity index is 2.92. The fourth-order valence-corrected chi connectivity index (χ4v) is 1.82. The molecule has 1 aromatic rings. The van der Waals surface area contributed by atoms with Gasteiger partial charge in [0.2, 0.25) is 0 Å². The SMILES string of the molecule is CC(C)OCCN(C)c1ccc(CN)cc1C(F)(F)F. The summed E-state index contributed by atoms with van der Waals surface area (Å²) in [5, 5.41) is 0. The number of alkyl halides is 3. The van der Waals surface area contributed by atoms with Crippen molar-refractivity contribution in [3.8, 4) is 0 Å². The smallest absolute Gasteiger partial charge is 0.377 e. The molecular formula is C14H21F3N2O. The van der Waals surface area contributed by atoms with Gasteiger partial charge in [-0.15, -0.1) is 0 Å². The van der Waals surface area contributed by atoms with Crippen LogP contribution >= 0.6 is 0 Å². The topological polar surface area (TPSA) is 38.5 Å². The minimum atomic E-state index is -4.40. The van der Waals surface area contributed by atoms with Gasteiger partial charge in [0.1, 0.15) is 0 Å². The molecule has 0 heterocycles. The molecule has 0 aromatic heterocycles. The second kappa shape index (κ2) is 6.95. The van der Waals surface area contributed by atoms with E-state index in [1.54, 1.807) is 18.0 Å². The van der Waals surface area contributed by atoms with Crippen molar-refractivity contribution >= 4 is 5.69 Å². The molecule has 1 aromatic carbocycles. The lowest BCUT2D eigenvalue weighted by Crippen LogP contribution is -2.26. The van der Waals surface area contributed by atoms with Gasteiger partial charge in [-0.05, 0) is 31.5 Å². The van der Waals surface area contributed by atoms with E-state index in [1.165, 1.54) is 6.07 Å². The Morgan fingerprint density at radius 3 is 2.45 bits per heavy atom. The summed E-state index contributed by atoms with van der Waals surface area (Å²) in [7, 11) is 1.62. The van der Waals surface area contributed by atoms with Crippen molar-refractivity contribution in [1.82, 2.24) is 0 Å². The molecule has 0 aliphatic heterocycles. The van der Waals surface area contributed by atoms with Crippen molar-refractivity contribution in [1.29, 1.82) is 0 Å².